The number of carbonyl (C=O) groups is 1. The Bertz CT molecular complexity index is 240. The molecule has 1 saturated heterocycles. The molecule has 0 aromatic heterocycles. The van der Waals surface area contributed by atoms with Crippen molar-refractivity contribution in [3.63, 3.8) is 0 Å². The fourth-order valence-electron chi connectivity index (χ4n) is 2.01. The molecule has 1 amide bonds. The van der Waals surface area contributed by atoms with E-state index in [1.165, 1.54) is 12.8 Å². The van der Waals surface area contributed by atoms with Gasteiger partial charge >= 0.3 is 0 Å². The van der Waals surface area contributed by atoms with Gasteiger partial charge in [-0.1, -0.05) is 0 Å². The third-order valence-electron chi connectivity index (χ3n) is 3.40. The van der Waals surface area contributed by atoms with E-state index in [1.807, 2.05) is 4.90 Å². The Labute approximate surface area is 90.4 Å². The molecule has 1 atom stereocenters. The van der Waals surface area contributed by atoms with Crippen molar-refractivity contribution in [1.82, 2.24) is 4.90 Å². The molecule has 0 radical (unpaired) electrons. The van der Waals surface area contributed by atoms with Gasteiger partial charge in [0.2, 0.25) is 5.91 Å². The second-order valence-corrected chi connectivity index (χ2v) is 5.04. The minimum absolute atomic E-state index is 0.199. The zero-order valence-corrected chi connectivity index (χ0v) is 9.30. The maximum Gasteiger partial charge on any atom is 0.223 e. The number of nitrogens with two attached hydrogens (primary N) is 1. The van der Waals surface area contributed by atoms with E-state index >= 15 is 0 Å². The van der Waals surface area contributed by atoms with E-state index in [0.29, 0.717) is 6.42 Å². The summed E-state index contributed by atoms with van der Waals surface area (Å²) in [5, 5.41) is 0. The fraction of sp³-hybridized carbons (Fsp3) is 0.900. The summed E-state index contributed by atoms with van der Waals surface area (Å²) in [6, 6.07) is 0.199. The van der Waals surface area contributed by atoms with Crippen LogP contribution >= 0.6 is 12.6 Å². The summed E-state index contributed by atoms with van der Waals surface area (Å²) in [4.78, 5) is 13.8. The summed E-state index contributed by atoms with van der Waals surface area (Å²) >= 11 is 4.30. The zero-order chi connectivity index (χ0) is 10.2. The van der Waals surface area contributed by atoms with Gasteiger partial charge in [0, 0.05) is 25.6 Å². The standard InChI is InChI=1S/C10H18N2OS/c11-8-1-4-12(6-8)9(13)5-10(7-14)2-3-10/h8,14H,1-7,11H2. The third kappa shape index (κ3) is 2.06. The normalized spacial score (nSPS) is 29.3. The van der Waals surface area contributed by atoms with Crippen LogP contribution in [0.2, 0.25) is 0 Å². The van der Waals surface area contributed by atoms with Gasteiger partial charge in [-0.2, -0.15) is 12.6 Å². The summed E-state index contributed by atoms with van der Waals surface area (Å²) in [6.07, 6.45) is 3.98. The highest BCUT2D eigenvalue weighted by atomic mass is 32.1. The number of rotatable bonds is 3. The first-order valence-electron chi connectivity index (χ1n) is 5.29. The molecule has 80 valence electrons. The molecule has 4 heteroatoms. The van der Waals surface area contributed by atoms with Gasteiger partial charge in [-0.05, 0) is 30.4 Å². The first-order valence-corrected chi connectivity index (χ1v) is 5.93. The van der Waals surface area contributed by atoms with E-state index in [9.17, 15) is 4.79 Å². The van der Waals surface area contributed by atoms with Crippen LogP contribution < -0.4 is 5.73 Å². The monoisotopic (exact) mass is 214 g/mol. The van der Waals surface area contributed by atoms with Gasteiger partial charge in [-0.25, -0.2) is 0 Å². The summed E-state index contributed by atoms with van der Waals surface area (Å²) < 4.78 is 0. The number of nitrogens with zero attached hydrogens (tertiary/aromatic N) is 1. The van der Waals surface area contributed by atoms with Crippen molar-refractivity contribution in [2.24, 2.45) is 11.1 Å². The number of amides is 1. The van der Waals surface area contributed by atoms with Gasteiger partial charge in [0.05, 0.1) is 0 Å². The summed E-state index contributed by atoms with van der Waals surface area (Å²) in [5.74, 6) is 1.13. The molecule has 1 aliphatic carbocycles. The molecule has 2 aliphatic rings. The quantitative estimate of drug-likeness (QED) is 0.678. The molecule has 14 heavy (non-hydrogen) atoms. The van der Waals surface area contributed by atoms with Crippen LogP contribution in [0.3, 0.4) is 0 Å². The Hall–Kier alpha value is -0.220. The zero-order valence-electron chi connectivity index (χ0n) is 8.41. The maximum absolute atomic E-state index is 11.8. The van der Waals surface area contributed by atoms with Crippen molar-refractivity contribution >= 4 is 18.5 Å². The molecule has 2 N–H and O–H groups in total. The first kappa shape index (κ1) is 10.3. The van der Waals surface area contributed by atoms with Crippen molar-refractivity contribution in [1.29, 1.82) is 0 Å². The number of thiol groups is 1. The van der Waals surface area contributed by atoms with Gasteiger partial charge in [0.25, 0.3) is 0 Å². The predicted octanol–water partition coefficient (Wildman–Crippen LogP) is 0.646. The lowest BCUT2D eigenvalue weighted by atomic mass is 10.0. The Morgan fingerprint density at radius 1 is 1.57 bits per heavy atom. The molecule has 1 heterocycles. The van der Waals surface area contributed by atoms with Crippen molar-refractivity contribution < 1.29 is 4.79 Å². The van der Waals surface area contributed by atoms with Crippen LogP contribution in [-0.2, 0) is 4.79 Å². The van der Waals surface area contributed by atoms with E-state index in [0.717, 1.165) is 25.3 Å². The van der Waals surface area contributed by atoms with Crippen molar-refractivity contribution in [2.75, 3.05) is 18.8 Å². The molecule has 1 unspecified atom stereocenters. The Morgan fingerprint density at radius 3 is 2.71 bits per heavy atom. The highest BCUT2D eigenvalue weighted by molar-refractivity contribution is 7.80. The smallest absolute Gasteiger partial charge is 0.223 e. The topological polar surface area (TPSA) is 46.3 Å². The summed E-state index contributed by atoms with van der Waals surface area (Å²) in [5.41, 5.74) is 6.01. The van der Waals surface area contributed by atoms with Crippen LogP contribution in [0.1, 0.15) is 25.7 Å². The molecule has 1 saturated carbocycles. The molecule has 3 nitrogen and oxygen atoms in total. The van der Waals surface area contributed by atoms with Crippen LogP contribution in [0.15, 0.2) is 0 Å². The average molecular weight is 214 g/mol. The number of carbonyl (C=O) groups excluding carboxylic acids is 1. The second kappa shape index (κ2) is 3.74. The van der Waals surface area contributed by atoms with E-state index in [1.54, 1.807) is 0 Å². The minimum atomic E-state index is 0.199. The predicted molar refractivity (Wildman–Crippen MR) is 59.3 cm³/mol. The van der Waals surface area contributed by atoms with Crippen molar-refractivity contribution in [3.05, 3.63) is 0 Å². The fourth-order valence-corrected chi connectivity index (χ4v) is 2.44. The maximum atomic E-state index is 11.8. The highest BCUT2D eigenvalue weighted by Gasteiger charge is 2.44. The lowest BCUT2D eigenvalue weighted by molar-refractivity contribution is -0.131. The van der Waals surface area contributed by atoms with Gasteiger partial charge in [0.15, 0.2) is 0 Å². The van der Waals surface area contributed by atoms with Crippen LogP contribution in [0.4, 0.5) is 0 Å². The third-order valence-corrected chi connectivity index (χ3v) is 4.07. The van der Waals surface area contributed by atoms with Gasteiger partial charge < -0.3 is 10.6 Å². The molecule has 0 spiro atoms. The average Bonchev–Trinajstić information content (AvgIpc) is 2.80. The summed E-state index contributed by atoms with van der Waals surface area (Å²) in [6.45, 7) is 1.60. The number of likely N-dealkylation sites (tertiary alicyclic amines) is 1. The Morgan fingerprint density at radius 2 is 2.29 bits per heavy atom. The van der Waals surface area contributed by atoms with Gasteiger partial charge in [-0.3, -0.25) is 4.79 Å². The molecular formula is C10H18N2OS. The molecule has 2 fully saturated rings. The molecule has 2 rings (SSSR count). The van der Waals surface area contributed by atoms with Crippen LogP contribution in [0.5, 0.6) is 0 Å². The molecule has 0 aromatic carbocycles. The second-order valence-electron chi connectivity index (χ2n) is 4.72. The highest BCUT2D eigenvalue weighted by Crippen LogP contribution is 2.49. The molecule has 0 bridgehead atoms. The van der Waals surface area contributed by atoms with E-state index in [4.69, 9.17) is 5.73 Å². The number of hydrogen-bond acceptors (Lipinski definition) is 3. The van der Waals surface area contributed by atoms with Gasteiger partial charge in [0.1, 0.15) is 0 Å². The van der Waals surface area contributed by atoms with Crippen LogP contribution in [0.25, 0.3) is 0 Å². The van der Waals surface area contributed by atoms with E-state index < -0.39 is 0 Å². The Kier molecular flexibility index (Phi) is 2.75. The SMILES string of the molecule is NC1CCN(C(=O)CC2(CS)CC2)C1. The van der Waals surface area contributed by atoms with E-state index in [-0.39, 0.29) is 17.4 Å². The lowest BCUT2D eigenvalue weighted by Gasteiger charge is -2.19. The first-order chi connectivity index (χ1) is 6.65. The lowest BCUT2D eigenvalue weighted by Crippen LogP contribution is -2.33. The van der Waals surface area contributed by atoms with Gasteiger partial charge in [-0.15, -0.1) is 0 Å². The molecule has 1 aliphatic heterocycles. The van der Waals surface area contributed by atoms with Crippen molar-refractivity contribution in [2.45, 2.75) is 31.7 Å². The molecule has 0 aromatic rings. The van der Waals surface area contributed by atoms with E-state index in [2.05, 4.69) is 12.6 Å². The number of hydrogen-bond donors (Lipinski definition) is 2. The van der Waals surface area contributed by atoms with Crippen LogP contribution in [0, 0.1) is 5.41 Å². The summed E-state index contributed by atoms with van der Waals surface area (Å²) in [7, 11) is 0. The minimum Gasteiger partial charge on any atom is -0.341 e. The Balaban J connectivity index is 1.84. The molecular weight excluding hydrogens is 196 g/mol. The van der Waals surface area contributed by atoms with Crippen molar-refractivity contribution in [3.8, 4) is 0 Å². The largest absolute Gasteiger partial charge is 0.341 e. The van der Waals surface area contributed by atoms with Crippen LogP contribution in [-0.4, -0.2) is 35.7 Å².